The third-order valence-electron chi connectivity index (χ3n) is 3.89. The first-order chi connectivity index (χ1) is 15.9. The lowest BCUT2D eigenvalue weighted by Gasteiger charge is -2.12. The molecule has 13 heteroatoms. The SMILES string of the molecule is C.CCOC(=O)c1cc(I)c(N)cc1SC.CCOC(=O)c1cc(I)c(NS(C)(=O)=O)cc1SC. The average Bonchev–Trinajstić information content (AvgIpc) is 2.76. The molecule has 3 N–H and O–H groups in total. The first-order valence-corrected chi connectivity index (χ1v) is 16.2. The maximum Gasteiger partial charge on any atom is 0.339 e. The molecule has 2 aromatic carbocycles. The van der Waals surface area contributed by atoms with Gasteiger partial charge in [-0.15, -0.1) is 23.5 Å². The van der Waals surface area contributed by atoms with E-state index in [0.29, 0.717) is 44.2 Å². The monoisotopic (exact) mass is 768 g/mol. The van der Waals surface area contributed by atoms with Crippen LogP contribution in [-0.4, -0.2) is 52.3 Å². The number of carbonyl (C=O) groups is 2. The molecule has 0 aromatic heterocycles. The molecule has 0 bridgehead atoms. The molecule has 0 spiro atoms. The predicted molar refractivity (Wildman–Crippen MR) is 163 cm³/mol. The van der Waals surface area contributed by atoms with Gasteiger partial charge in [-0.3, -0.25) is 4.72 Å². The molecule has 196 valence electrons. The highest BCUT2D eigenvalue weighted by atomic mass is 127. The smallest absolute Gasteiger partial charge is 0.339 e. The van der Waals surface area contributed by atoms with E-state index in [1.54, 1.807) is 38.1 Å². The number of hydrogen-bond acceptors (Lipinski definition) is 9. The number of rotatable bonds is 8. The third-order valence-corrected chi connectivity index (χ3v) is 7.87. The van der Waals surface area contributed by atoms with Crippen molar-refractivity contribution in [1.29, 1.82) is 0 Å². The molecule has 0 aliphatic heterocycles. The number of benzene rings is 2. The molecule has 35 heavy (non-hydrogen) atoms. The van der Waals surface area contributed by atoms with Crippen molar-refractivity contribution in [1.82, 2.24) is 0 Å². The quantitative estimate of drug-likeness (QED) is 0.145. The third kappa shape index (κ3) is 10.9. The van der Waals surface area contributed by atoms with Gasteiger partial charge in [0.15, 0.2) is 0 Å². The van der Waals surface area contributed by atoms with E-state index in [-0.39, 0.29) is 13.4 Å². The number of thioether (sulfide) groups is 2. The molecule has 0 aliphatic carbocycles. The molecule has 0 aliphatic rings. The number of anilines is 2. The Morgan fingerprint density at radius 1 is 0.914 bits per heavy atom. The summed E-state index contributed by atoms with van der Waals surface area (Å²) in [5.41, 5.74) is 7.94. The minimum absolute atomic E-state index is 0. The zero-order valence-corrected chi connectivity index (χ0v) is 26.0. The van der Waals surface area contributed by atoms with Crippen molar-refractivity contribution >= 4 is 102 Å². The van der Waals surface area contributed by atoms with Gasteiger partial charge in [0, 0.05) is 22.6 Å². The second-order valence-corrected chi connectivity index (χ2v) is 12.2. The Kier molecular flexibility index (Phi) is 15.6. The lowest BCUT2D eigenvalue weighted by atomic mass is 10.2. The Morgan fingerprint density at radius 3 is 1.74 bits per heavy atom. The summed E-state index contributed by atoms with van der Waals surface area (Å²) in [6.07, 6.45) is 4.81. The highest BCUT2D eigenvalue weighted by molar-refractivity contribution is 14.1. The number of ether oxygens (including phenoxy) is 2. The fourth-order valence-corrected chi connectivity index (χ4v) is 5.50. The highest BCUT2D eigenvalue weighted by Gasteiger charge is 2.17. The van der Waals surface area contributed by atoms with Gasteiger partial charge in [-0.2, -0.15) is 0 Å². The molecule has 0 saturated heterocycles. The summed E-state index contributed by atoms with van der Waals surface area (Å²) in [6.45, 7) is 4.21. The Bertz CT molecular complexity index is 1140. The number of hydrogen-bond donors (Lipinski definition) is 2. The van der Waals surface area contributed by atoms with E-state index in [1.165, 1.54) is 23.5 Å². The van der Waals surface area contributed by atoms with Gasteiger partial charge in [0.2, 0.25) is 10.0 Å². The van der Waals surface area contributed by atoms with Crippen molar-refractivity contribution in [2.75, 3.05) is 42.4 Å². The van der Waals surface area contributed by atoms with Crippen LogP contribution in [0.3, 0.4) is 0 Å². The fourth-order valence-electron chi connectivity index (χ4n) is 2.47. The molecule has 2 rings (SSSR count). The van der Waals surface area contributed by atoms with E-state index < -0.39 is 16.0 Å². The predicted octanol–water partition coefficient (Wildman–Crippen LogP) is 5.97. The lowest BCUT2D eigenvalue weighted by Crippen LogP contribution is -2.12. The summed E-state index contributed by atoms with van der Waals surface area (Å²) in [7, 11) is -3.35. The molecule has 8 nitrogen and oxygen atoms in total. The molecule has 0 amide bonds. The van der Waals surface area contributed by atoms with Crippen LogP contribution in [0.2, 0.25) is 0 Å². The molecule has 2 aromatic rings. The van der Waals surface area contributed by atoms with Gasteiger partial charge in [0.25, 0.3) is 0 Å². The summed E-state index contributed by atoms with van der Waals surface area (Å²) < 4.78 is 36.4. The summed E-state index contributed by atoms with van der Waals surface area (Å²) in [4.78, 5) is 24.9. The van der Waals surface area contributed by atoms with E-state index in [0.717, 1.165) is 14.7 Å². The second-order valence-electron chi connectivity index (χ2n) is 6.42. The first-order valence-electron chi connectivity index (χ1n) is 9.70. The second kappa shape index (κ2) is 16.0. The Labute approximate surface area is 243 Å². The molecule has 0 saturated carbocycles. The van der Waals surface area contributed by atoms with Gasteiger partial charge in [-0.05, 0) is 95.8 Å². The van der Waals surface area contributed by atoms with Gasteiger partial charge in [0.1, 0.15) is 0 Å². The van der Waals surface area contributed by atoms with Crippen LogP contribution in [0.25, 0.3) is 0 Å². The van der Waals surface area contributed by atoms with Crippen molar-refractivity contribution in [3.8, 4) is 0 Å². The number of nitrogens with one attached hydrogen (secondary N) is 1. The Balaban J connectivity index is 0.000000659. The zero-order valence-electron chi connectivity index (χ0n) is 19.2. The minimum atomic E-state index is -3.35. The number of nitrogen functional groups attached to an aromatic ring is 1. The van der Waals surface area contributed by atoms with Crippen LogP contribution >= 0.6 is 68.7 Å². The average molecular weight is 768 g/mol. The maximum absolute atomic E-state index is 11.8. The summed E-state index contributed by atoms with van der Waals surface area (Å²) >= 11 is 6.93. The number of halogens is 2. The Morgan fingerprint density at radius 2 is 1.34 bits per heavy atom. The van der Waals surface area contributed by atoms with Crippen molar-refractivity contribution in [2.24, 2.45) is 0 Å². The van der Waals surface area contributed by atoms with Crippen molar-refractivity contribution in [2.45, 2.75) is 31.1 Å². The van der Waals surface area contributed by atoms with Crippen LogP contribution in [0.4, 0.5) is 11.4 Å². The minimum Gasteiger partial charge on any atom is -0.462 e. The van der Waals surface area contributed by atoms with Crippen LogP contribution in [0.5, 0.6) is 0 Å². The van der Waals surface area contributed by atoms with E-state index >= 15 is 0 Å². The maximum atomic E-state index is 11.8. The van der Waals surface area contributed by atoms with Crippen LogP contribution in [0.15, 0.2) is 34.1 Å². The van der Waals surface area contributed by atoms with E-state index in [4.69, 9.17) is 15.2 Å². The van der Waals surface area contributed by atoms with Crippen LogP contribution < -0.4 is 10.5 Å². The zero-order chi connectivity index (χ0) is 26.1. The van der Waals surface area contributed by atoms with E-state index in [1.807, 2.05) is 35.1 Å². The van der Waals surface area contributed by atoms with Crippen LogP contribution in [0.1, 0.15) is 42.0 Å². The molecule has 0 heterocycles. The molecule has 0 unspecified atom stereocenters. The molecule has 0 radical (unpaired) electrons. The van der Waals surface area contributed by atoms with Crippen molar-refractivity contribution in [3.05, 3.63) is 42.5 Å². The Hall–Kier alpha value is -0.910. The van der Waals surface area contributed by atoms with Gasteiger partial charge in [-0.1, -0.05) is 7.43 Å². The van der Waals surface area contributed by atoms with Gasteiger partial charge < -0.3 is 15.2 Å². The number of esters is 2. The molecule has 0 fully saturated rings. The van der Waals surface area contributed by atoms with E-state index in [2.05, 4.69) is 27.3 Å². The number of sulfonamides is 1. The topological polar surface area (TPSA) is 125 Å². The normalized spacial score (nSPS) is 10.4. The summed E-state index contributed by atoms with van der Waals surface area (Å²) in [6, 6.07) is 6.83. The van der Waals surface area contributed by atoms with Gasteiger partial charge in [-0.25, -0.2) is 18.0 Å². The fraction of sp³-hybridized carbons (Fsp3) is 0.364. The first kappa shape index (κ1) is 34.1. The molecular formula is C22H30I2N2O6S3. The largest absolute Gasteiger partial charge is 0.462 e. The van der Waals surface area contributed by atoms with Crippen LogP contribution in [-0.2, 0) is 19.5 Å². The summed E-state index contributed by atoms with van der Waals surface area (Å²) in [5, 5.41) is 0. The van der Waals surface area contributed by atoms with E-state index in [9.17, 15) is 18.0 Å². The number of carbonyl (C=O) groups excluding carboxylic acids is 2. The lowest BCUT2D eigenvalue weighted by molar-refractivity contribution is 0.0512. The molecular weight excluding hydrogens is 738 g/mol. The summed E-state index contributed by atoms with van der Waals surface area (Å²) in [5.74, 6) is -0.699. The van der Waals surface area contributed by atoms with Crippen molar-refractivity contribution < 1.29 is 27.5 Å². The highest BCUT2D eigenvalue weighted by Crippen LogP contribution is 2.30. The van der Waals surface area contributed by atoms with Gasteiger partial charge >= 0.3 is 11.9 Å². The standard InChI is InChI=1S/C11H14INO4S2.C10H12INO2S.CH4/c1-4-17-11(14)7-5-8(12)9(6-10(7)18-2)13-19(3,15)16;1-3-14-10(13)6-4-7(11)8(12)5-9(6)15-2;/h5-6,13H,4H2,1-3H3;4-5H,3,12H2,1-2H3;1H4. The van der Waals surface area contributed by atoms with Crippen LogP contribution in [0, 0.1) is 7.14 Å². The van der Waals surface area contributed by atoms with Crippen molar-refractivity contribution in [3.63, 3.8) is 0 Å². The van der Waals surface area contributed by atoms with Gasteiger partial charge in [0.05, 0.1) is 36.3 Å². The number of nitrogens with two attached hydrogens (primary N) is 1. The molecule has 0 atom stereocenters.